The van der Waals surface area contributed by atoms with Crippen LogP contribution in [0.3, 0.4) is 0 Å². The Balaban J connectivity index is 3.20. The minimum Gasteiger partial charge on any atom is -0.298 e. The van der Waals surface area contributed by atoms with E-state index >= 15 is 0 Å². The van der Waals surface area contributed by atoms with Crippen molar-refractivity contribution in [3.05, 3.63) is 29.3 Å². The molecule has 0 saturated heterocycles. The highest BCUT2D eigenvalue weighted by Crippen LogP contribution is 2.17. The summed E-state index contributed by atoms with van der Waals surface area (Å²) in [6.45, 7) is 1.73. The van der Waals surface area contributed by atoms with Crippen LogP contribution in [-0.2, 0) is 0 Å². The number of alkyl halides is 1. The fourth-order valence-corrected chi connectivity index (χ4v) is 1.55. The van der Waals surface area contributed by atoms with Crippen molar-refractivity contribution < 1.29 is 9.59 Å². The van der Waals surface area contributed by atoms with E-state index in [1.165, 1.54) is 0 Å². The molecular weight excluding hydrogens is 264 g/mol. The summed E-state index contributed by atoms with van der Waals surface area (Å²) >= 11 is 7.27. The van der Waals surface area contributed by atoms with Crippen molar-refractivity contribution in [1.82, 2.24) is 0 Å². The number of thiol groups is 1. The molecule has 0 fully saturated rings. The Bertz CT molecular complexity index is 374. The monoisotopic (exact) mass is 272 g/mol. The highest BCUT2D eigenvalue weighted by molar-refractivity contribution is 9.10. The van der Waals surface area contributed by atoms with Crippen molar-refractivity contribution in [1.29, 1.82) is 0 Å². The molecule has 1 atom stereocenters. The summed E-state index contributed by atoms with van der Waals surface area (Å²) in [5.41, 5.74) is 0.816. The number of aldehydes is 1. The second-order valence-electron chi connectivity index (χ2n) is 2.87. The molecule has 1 aromatic carbocycles. The zero-order valence-corrected chi connectivity index (χ0v) is 10.0. The summed E-state index contributed by atoms with van der Waals surface area (Å²) < 4.78 is 0. The van der Waals surface area contributed by atoms with Gasteiger partial charge in [-0.15, -0.1) is 12.6 Å². The van der Waals surface area contributed by atoms with Gasteiger partial charge in [0.05, 0.1) is 4.83 Å². The standard InChI is InChI=1S/C10H9BrO2S/c1-6(11)10(13)9-3-2-8(14)4-7(9)5-12/h2-6,14H,1H3. The highest BCUT2D eigenvalue weighted by Gasteiger charge is 2.15. The molecule has 1 unspecified atom stereocenters. The van der Waals surface area contributed by atoms with E-state index in [9.17, 15) is 9.59 Å². The van der Waals surface area contributed by atoms with Gasteiger partial charge in [0.1, 0.15) is 0 Å². The first-order valence-corrected chi connectivity index (χ1v) is 5.39. The quantitative estimate of drug-likeness (QED) is 0.397. The lowest BCUT2D eigenvalue weighted by Gasteiger charge is -2.05. The summed E-state index contributed by atoms with van der Waals surface area (Å²) in [5, 5.41) is 0. The third-order valence-corrected chi connectivity index (χ3v) is 2.48. The van der Waals surface area contributed by atoms with E-state index in [2.05, 4.69) is 28.6 Å². The summed E-state index contributed by atoms with van der Waals surface area (Å²) in [4.78, 5) is 22.7. The van der Waals surface area contributed by atoms with Crippen LogP contribution in [0.1, 0.15) is 27.6 Å². The molecule has 0 aromatic heterocycles. The van der Waals surface area contributed by atoms with Crippen LogP contribution >= 0.6 is 28.6 Å². The third kappa shape index (κ3) is 2.45. The number of carbonyl (C=O) groups is 2. The van der Waals surface area contributed by atoms with E-state index in [1.54, 1.807) is 25.1 Å². The Morgan fingerprint density at radius 3 is 2.71 bits per heavy atom. The van der Waals surface area contributed by atoms with E-state index in [1.807, 2.05) is 0 Å². The number of rotatable bonds is 3. The molecule has 1 rings (SSSR count). The normalized spacial score (nSPS) is 12.2. The maximum atomic E-state index is 11.6. The Morgan fingerprint density at radius 1 is 1.57 bits per heavy atom. The predicted octanol–water partition coefficient (Wildman–Crippen LogP) is 2.75. The molecule has 2 nitrogen and oxygen atoms in total. The van der Waals surface area contributed by atoms with Crippen molar-refractivity contribution in [2.75, 3.05) is 0 Å². The van der Waals surface area contributed by atoms with Crippen molar-refractivity contribution in [2.24, 2.45) is 0 Å². The fraction of sp³-hybridized carbons (Fsp3) is 0.200. The first kappa shape index (κ1) is 11.5. The second kappa shape index (κ2) is 4.75. The van der Waals surface area contributed by atoms with Gasteiger partial charge in [0.2, 0.25) is 0 Å². The van der Waals surface area contributed by atoms with E-state index < -0.39 is 0 Å². The third-order valence-electron chi connectivity index (χ3n) is 1.79. The van der Waals surface area contributed by atoms with Crippen molar-refractivity contribution in [3.8, 4) is 0 Å². The molecule has 0 radical (unpaired) electrons. The molecular formula is C10H9BrO2S. The van der Waals surface area contributed by atoms with Gasteiger partial charge in [-0.2, -0.15) is 0 Å². The zero-order chi connectivity index (χ0) is 10.7. The first-order valence-electron chi connectivity index (χ1n) is 4.02. The van der Waals surface area contributed by atoms with Crippen LogP contribution in [0.5, 0.6) is 0 Å². The topological polar surface area (TPSA) is 34.1 Å². The first-order chi connectivity index (χ1) is 6.56. The molecule has 0 bridgehead atoms. The van der Waals surface area contributed by atoms with Gasteiger partial charge in [-0.25, -0.2) is 0 Å². The number of Topliss-reactive ketones (excluding diaryl/α,β-unsaturated/α-hetero) is 1. The van der Waals surface area contributed by atoms with Gasteiger partial charge in [0.15, 0.2) is 12.1 Å². The average Bonchev–Trinajstić information content (AvgIpc) is 2.16. The second-order valence-corrected chi connectivity index (χ2v) is 4.76. The Kier molecular flexibility index (Phi) is 3.89. The molecule has 0 amide bonds. The van der Waals surface area contributed by atoms with Crippen molar-refractivity contribution in [2.45, 2.75) is 16.6 Å². The van der Waals surface area contributed by atoms with Crippen LogP contribution in [0.2, 0.25) is 0 Å². The van der Waals surface area contributed by atoms with Crippen LogP contribution < -0.4 is 0 Å². The maximum Gasteiger partial charge on any atom is 0.176 e. The largest absolute Gasteiger partial charge is 0.298 e. The number of halogens is 1. The molecule has 0 N–H and O–H groups in total. The smallest absolute Gasteiger partial charge is 0.176 e. The lowest BCUT2D eigenvalue weighted by molar-refractivity contribution is 0.0989. The lowest BCUT2D eigenvalue weighted by atomic mass is 10.0. The minimum atomic E-state index is -0.285. The zero-order valence-electron chi connectivity index (χ0n) is 7.53. The SMILES string of the molecule is CC(Br)C(=O)c1ccc(S)cc1C=O. The molecule has 0 heterocycles. The number of carbonyl (C=O) groups excluding carboxylic acids is 2. The number of hydrogen-bond donors (Lipinski definition) is 1. The van der Waals surface area contributed by atoms with Crippen LogP contribution in [-0.4, -0.2) is 16.9 Å². The van der Waals surface area contributed by atoms with Gasteiger partial charge < -0.3 is 0 Å². The number of benzene rings is 1. The van der Waals surface area contributed by atoms with E-state index in [0.29, 0.717) is 22.3 Å². The molecule has 0 saturated carbocycles. The van der Waals surface area contributed by atoms with Gasteiger partial charge in [0.25, 0.3) is 0 Å². The van der Waals surface area contributed by atoms with Gasteiger partial charge in [-0.1, -0.05) is 15.9 Å². The molecule has 0 aliphatic rings. The molecule has 74 valence electrons. The van der Waals surface area contributed by atoms with Gasteiger partial charge in [0, 0.05) is 16.0 Å². The average molecular weight is 273 g/mol. The molecule has 1 aromatic rings. The molecule has 14 heavy (non-hydrogen) atoms. The van der Waals surface area contributed by atoms with Crippen LogP contribution in [0.25, 0.3) is 0 Å². The molecule has 0 spiro atoms. The summed E-state index contributed by atoms with van der Waals surface area (Å²) in [6, 6.07) is 4.89. The summed E-state index contributed by atoms with van der Waals surface area (Å²) in [5.74, 6) is -0.0968. The minimum absolute atomic E-state index is 0.0968. The van der Waals surface area contributed by atoms with Gasteiger partial charge in [-0.3, -0.25) is 9.59 Å². The van der Waals surface area contributed by atoms with E-state index in [4.69, 9.17) is 0 Å². The Hall–Kier alpha value is -0.610. The summed E-state index contributed by atoms with van der Waals surface area (Å²) in [6.07, 6.45) is 0.669. The van der Waals surface area contributed by atoms with E-state index in [0.717, 1.165) is 0 Å². The van der Waals surface area contributed by atoms with Crippen LogP contribution in [0.15, 0.2) is 23.1 Å². The molecule has 4 heteroatoms. The number of ketones is 1. The van der Waals surface area contributed by atoms with Crippen LogP contribution in [0, 0.1) is 0 Å². The lowest BCUT2D eigenvalue weighted by Crippen LogP contribution is -2.12. The van der Waals surface area contributed by atoms with Crippen molar-refractivity contribution in [3.63, 3.8) is 0 Å². The number of hydrogen-bond acceptors (Lipinski definition) is 3. The van der Waals surface area contributed by atoms with E-state index in [-0.39, 0.29) is 10.6 Å². The maximum absolute atomic E-state index is 11.6. The predicted molar refractivity (Wildman–Crippen MR) is 61.8 cm³/mol. The fourth-order valence-electron chi connectivity index (χ4n) is 1.09. The van der Waals surface area contributed by atoms with Crippen molar-refractivity contribution >= 4 is 40.6 Å². The molecule has 0 aliphatic heterocycles. The molecule has 0 aliphatic carbocycles. The summed E-state index contributed by atoms with van der Waals surface area (Å²) in [7, 11) is 0. The Labute approximate surface area is 96.2 Å². The van der Waals surface area contributed by atoms with Gasteiger partial charge in [-0.05, 0) is 25.1 Å². The van der Waals surface area contributed by atoms with Crippen LogP contribution in [0.4, 0.5) is 0 Å². The highest BCUT2D eigenvalue weighted by atomic mass is 79.9. The van der Waals surface area contributed by atoms with Gasteiger partial charge >= 0.3 is 0 Å². The Morgan fingerprint density at radius 2 is 2.21 bits per heavy atom.